The third-order valence-corrected chi connectivity index (χ3v) is 5.82. The highest BCUT2D eigenvalue weighted by atomic mass is 79.9. The number of hydrogen-bond acceptors (Lipinski definition) is 4. The summed E-state index contributed by atoms with van der Waals surface area (Å²) in [7, 11) is -3.29. The molecular weight excluding hydrogens is 358 g/mol. The van der Waals surface area contributed by atoms with Crippen molar-refractivity contribution in [3.63, 3.8) is 0 Å². The summed E-state index contributed by atoms with van der Waals surface area (Å²) in [5.74, 6) is -1.14. The lowest BCUT2D eigenvalue weighted by Crippen LogP contribution is -2.39. The molecular formula is C14H18BrNO4S. The van der Waals surface area contributed by atoms with Gasteiger partial charge >= 0.3 is 5.97 Å². The molecule has 7 heteroatoms. The lowest BCUT2D eigenvalue weighted by Gasteiger charge is -2.33. The van der Waals surface area contributed by atoms with Crippen LogP contribution < -0.4 is 4.90 Å². The summed E-state index contributed by atoms with van der Waals surface area (Å²) in [6.07, 6.45) is 2.68. The normalized spacial score (nSPS) is 19.6. The predicted octanol–water partition coefficient (Wildman–Crippen LogP) is 2.46. The summed E-state index contributed by atoms with van der Waals surface area (Å²) in [5.41, 5.74) is 1.73. The highest BCUT2D eigenvalue weighted by Crippen LogP contribution is 2.33. The SMILES string of the molecule is Cc1cc(S(C)(=O)=O)c(Br)cc1N1CCC[C@H](C(=O)O)C1. The fraction of sp³-hybridized carbons (Fsp3) is 0.500. The van der Waals surface area contributed by atoms with Crippen LogP contribution in [0.15, 0.2) is 21.5 Å². The molecule has 0 bridgehead atoms. The van der Waals surface area contributed by atoms with Gasteiger partial charge in [0.05, 0.1) is 10.8 Å². The number of aryl methyl sites for hydroxylation is 1. The van der Waals surface area contributed by atoms with Crippen molar-refractivity contribution in [2.45, 2.75) is 24.7 Å². The maximum Gasteiger partial charge on any atom is 0.308 e. The average molecular weight is 376 g/mol. The fourth-order valence-corrected chi connectivity index (χ4v) is 4.68. The number of halogens is 1. The number of piperidine rings is 1. The van der Waals surface area contributed by atoms with Gasteiger partial charge in [-0.1, -0.05) is 0 Å². The van der Waals surface area contributed by atoms with E-state index < -0.39 is 15.8 Å². The Hall–Kier alpha value is -1.08. The van der Waals surface area contributed by atoms with Gasteiger partial charge in [-0.25, -0.2) is 8.42 Å². The Labute approximate surface area is 133 Å². The van der Waals surface area contributed by atoms with Crippen molar-refractivity contribution in [3.05, 3.63) is 22.2 Å². The molecule has 1 fully saturated rings. The van der Waals surface area contributed by atoms with E-state index in [1.54, 1.807) is 12.1 Å². The zero-order chi connectivity index (χ0) is 15.8. The van der Waals surface area contributed by atoms with E-state index in [2.05, 4.69) is 15.9 Å². The largest absolute Gasteiger partial charge is 0.481 e. The molecule has 116 valence electrons. The molecule has 0 radical (unpaired) electrons. The zero-order valence-electron chi connectivity index (χ0n) is 12.0. The Morgan fingerprint density at radius 1 is 1.43 bits per heavy atom. The molecule has 0 aromatic heterocycles. The minimum absolute atomic E-state index is 0.260. The number of anilines is 1. The third-order valence-electron chi connectivity index (χ3n) is 3.76. The van der Waals surface area contributed by atoms with Gasteiger partial charge in [-0.3, -0.25) is 4.79 Å². The van der Waals surface area contributed by atoms with Gasteiger partial charge < -0.3 is 10.0 Å². The molecule has 21 heavy (non-hydrogen) atoms. The van der Waals surface area contributed by atoms with Crippen molar-refractivity contribution in [1.82, 2.24) is 0 Å². The van der Waals surface area contributed by atoms with Gasteiger partial charge in [-0.15, -0.1) is 0 Å². The van der Waals surface area contributed by atoms with Crippen LogP contribution >= 0.6 is 15.9 Å². The number of sulfone groups is 1. The third kappa shape index (κ3) is 3.58. The topological polar surface area (TPSA) is 74.7 Å². The molecule has 1 heterocycles. The Morgan fingerprint density at radius 3 is 2.67 bits per heavy atom. The Bertz CT molecular complexity index is 672. The van der Waals surface area contributed by atoms with E-state index >= 15 is 0 Å². The van der Waals surface area contributed by atoms with Crippen molar-refractivity contribution in [1.29, 1.82) is 0 Å². The summed E-state index contributed by atoms with van der Waals surface area (Å²) < 4.78 is 23.9. The van der Waals surface area contributed by atoms with E-state index in [9.17, 15) is 13.2 Å². The lowest BCUT2D eigenvalue weighted by molar-refractivity contribution is -0.141. The summed E-state index contributed by atoms with van der Waals surface area (Å²) >= 11 is 3.31. The van der Waals surface area contributed by atoms with Gasteiger partial charge in [0.1, 0.15) is 0 Å². The first-order valence-electron chi connectivity index (χ1n) is 6.68. The number of nitrogens with zero attached hydrogens (tertiary/aromatic N) is 1. The van der Waals surface area contributed by atoms with E-state index in [1.807, 2.05) is 11.8 Å². The van der Waals surface area contributed by atoms with Gasteiger partial charge in [0.2, 0.25) is 0 Å². The van der Waals surface area contributed by atoms with Crippen LogP contribution in [0.4, 0.5) is 5.69 Å². The van der Waals surface area contributed by atoms with E-state index in [-0.39, 0.29) is 10.8 Å². The van der Waals surface area contributed by atoms with Crippen LogP contribution in [-0.2, 0) is 14.6 Å². The van der Waals surface area contributed by atoms with Crippen molar-refractivity contribution in [2.24, 2.45) is 5.92 Å². The highest BCUT2D eigenvalue weighted by molar-refractivity contribution is 9.10. The molecule has 5 nitrogen and oxygen atoms in total. The molecule has 1 aromatic rings. The molecule has 0 saturated carbocycles. The smallest absolute Gasteiger partial charge is 0.308 e. The first-order chi connectivity index (χ1) is 9.70. The number of rotatable bonds is 3. The second kappa shape index (κ2) is 5.96. The zero-order valence-corrected chi connectivity index (χ0v) is 14.4. The molecule has 1 N–H and O–H groups in total. The molecule has 1 saturated heterocycles. The second-order valence-electron chi connectivity index (χ2n) is 5.46. The fourth-order valence-electron chi connectivity index (χ4n) is 2.67. The Morgan fingerprint density at radius 2 is 2.10 bits per heavy atom. The molecule has 1 aromatic carbocycles. The van der Waals surface area contributed by atoms with Gasteiger partial charge in [-0.05, 0) is 53.4 Å². The van der Waals surface area contributed by atoms with Crippen molar-refractivity contribution in [2.75, 3.05) is 24.2 Å². The molecule has 1 aliphatic rings. The Balaban J connectivity index is 2.37. The minimum Gasteiger partial charge on any atom is -0.481 e. The highest BCUT2D eigenvalue weighted by Gasteiger charge is 2.27. The van der Waals surface area contributed by atoms with Gasteiger partial charge in [0.15, 0.2) is 9.84 Å². The van der Waals surface area contributed by atoms with E-state index in [1.165, 1.54) is 6.26 Å². The minimum atomic E-state index is -3.29. The summed E-state index contributed by atoms with van der Waals surface area (Å²) in [4.78, 5) is 13.4. The number of carboxylic acids is 1. The first kappa shape index (κ1) is 16.3. The van der Waals surface area contributed by atoms with Gasteiger partial charge in [-0.2, -0.15) is 0 Å². The molecule has 0 aliphatic carbocycles. The van der Waals surface area contributed by atoms with Crippen LogP contribution in [0.1, 0.15) is 18.4 Å². The standard InChI is InChI=1S/C14H18BrNO4S/c1-9-6-13(21(2,19)20)11(15)7-12(9)16-5-3-4-10(8-16)14(17)18/h6-7,10H,3-5,8H2,1-2H3,(H,17,18)/t10-/m0/s1. The number of aliphatic carboxylic acids is 1. The average Bonchev–Trinajstić information content (AvgIpc) is 2.40. The van der Waals surface area contributed by atoms with Crippen LogP contribution in [0.5, 0.6) is 0 Å². The summed E-state index contributed by atoms with van der Waals surface area (Å²) in [6.45, 7) is 3.09. The number of benzene rings is 1. The molecule has 0 unspecified atom stereocenters. The van der Waals surface area contributed by atoms with Gasteiger partial charge in [0, 0.05) is 29.5 Å². The van der Waals surface area contributed by atoms with Crippen molar-refractivity contribution < 1.29 is 18.3 Å². The van der Waals surface area contributed by atoms with Crippen LogP contribution in [0.3, 0.4) is 0 Å². The number of hydrogen-bond donors (Lipinski definition) is 1. The number of carboxylic acid groups (broad SMARTS) is 1. The van der Waals surface area contributed by atoms with Crippen LogP contribution in [0, 0.1) is 12.8 Å². The maximum absolute atomic E-state index is 11.7. The summed E-state index contributed by atoms with van der Waals surface area (Å²) in [5, 5.41) is 9.16. The van der Waals surface area contributed by atoms with Crippen LogP contribution in [-0.4, -0.2) is 38.8 Å². The predicted molar refractivity (Wildman–Crippen MR) is 84.6 cm³/mol. The molecule has 2 rings (SSSR count). The van der Waals surface area contributed by atoms with E-state index in [0.29, 0.717) is 17.4 Å². The number of carbonyl (C=O) groups is 1. The first-order valence-corrected chi connectivity index (χ1v) is 9.36. The molecule has 1 aliphatic heterocycles. The second-order valence-corrected chi connectivity index (χ2v) is 8.30. The maximum atomic E-state index is 11.7. The monoisotopic (exact) mass is 375 g/mol. The molecule has 0 amide bonds. The Kier molecular flexibility index (Phi) is 4.63. The quantitative estimate of drug-likeness (QED) is 0.877. The summed E-state index contributed by atoms with van der Waals surface area (Å²) in [6, 6.07) is 3.41. The molecule has 1 atom stereocenters. The van der Waals surface area contributed by atoms with E-state index in [0.717, 1.165) is 24.2 Å². The molecule has 0 spiro atoms. The van der Waals surface area contributed by atoms with Crippen LogP contribution in [0.25, 0.3) is 0 Å². The van der Waals surface area contributed by atoms with Crippen molar-refractivity contribution >= 4 is 37.4 Å². The van der Waals surface area contributed by atoms with Gasteiger partial charge in [0.25, 0.3) is 0 Å². The lowest BCUT2D eigenvalue weighted by atomic mass is 9.97. The van der Waals surface area contributed by atoms with Crippen molar-refractivity contribution in [3.8, 4) is 0 Å². The van der Waals surface area contributed by atoms with E-state index in [4.69, 9.17) is 5.11 Å². The van der Waals surface area contributed by atoms with Crippen LogP contribution in [0.2, 0.25) is 0 Å².